The normalized spacial score (nSPS) is 10.7. The molecule has 0 aliphatic rings. The third-order valence-electron chi connectivity index (χ3n) is 3.69. The van der Waals surface area contributed by atoms with Gasteiger partial charge in [-0.15, -0.1) is 0 Å². The molecule has 6 nitrogen and oxygen atoms in total. The summed E-state index contributed by atoms with van der Waals surface area (Å²) >= 11 is 7.17. The molecule has 1 aromatic carbocycles. The van der Waals surface area contributed by atoms with Gasteiger partial charge in [0.15, 0.2) is 5.13 Å². The SMILES string of the molecule is Cc1cc(C)c(NC(=O)c2cnc(Nc3cc(Cl)nc(C)n3)s2)c(C)c1. The smallest absolute Gasteiger partial charge is 0.267 e. The molecule has 2 heterocycles. The summed E-state index contributed by atoms with van der Waals surface area (Å²) in [5, 5.41) is 6.93. The van der Waals surface area contributed by atoms with Gasteiger partial charge in [-0.1, -0.05) is 40.6 Å². The Kier molecular flexibility index (Phi) is 5.20. The number of rotatable bonds is 4. The van der Waals surface area contributed by atoms with Crippen LogP contribution in [0.5, 0.6) is 0 Å². The molecule has 3 aromatic rings. The molecule has 3 rings (SSSR count). The zero-order valence-corrected chi connectivity index (χ0v) is 16.4. The number of halogens is 1. The number of nitrogens with zero attached hydrogens (tertiary/aromatic N) is 3. The molecular formula is C18H18ClN5OS. The van der Waals surface area contributed by atoms with Crippen molar-refractivity contribution in [2.75, 3.05) is 10.6 Å². The summed E-state index contributed by atoms with van der Waals surface area (Å²) in [5.74, 6) is 0.899. The van der Waals surface area contributed by atoms with E-state index in [2.05, 4.69) is 25.6 Å². The van der Waals surface area contributed by atoms with Crippen molar-refractivity contribution in [1.82, 2.24) is 15.0 Å². The number of aromatic nitrogens is 3. The highest BCUT2D eigenvalue weighted by Crippen LogP contribution is 2.26. The highest BCUT2D eigenvalue weighted by molar-refractivity contribution is 7.17. The van der Waals surface area contributed by atoms with Crippen LogP contribution in [0.3, 0.4) is 0 Å². The van der Waals surface area contributed by atoms with Gasteiger partial charge in [0.2, 0.25) is 0 Å². The molecule has 2 N–H and O–H groups in total. The standard InChI is InChI=1S/C18H18ClN5OS/c1-9-5-10(2)16(11(3)6-9)24-17(25)13-8-20-18(26-13)23-15-7-14(19)21-12(4)22-15/h5-8H,1-4H3,(H,24,25)(H,20,21,22,23). The molecule has 0 bridgehead atoms. The summed E-state index contributed by atoms with van der Waals surface area (Å²) in [6.45, 7) is 7.75. The Morgan fingerprint density at radius 2 is 1.77 bits per heavy atom. The number of nitrogens with one attached hydrogen (secondary N) is 2. The molecule has 1 amide bonds. The van der Waals surface area contributed by atoms with E-state index in [9.17, 15) is 4.79 Å². The topological polar surface area (TPSA) is 79.8 Å². The lowest BCUT2D eigenvalue weighted by Crippen LogP contribution is -2.12. The van der Waals surface area contributed by atoms with Crippen molar-refractivity contribution in [3.63, 3.8) is 0 Å². The number of aryl methyl sites for hydroxylation is 4. The van der Waals surface area contributed by atoms with Crippen LogP contribution in [-0.4, -0.2) is 20.9 Å². The molecule has 2 aromatic heterocycles. The molecular weight excluding hydrogens is 370 g/mol. The number of hydrogen-bond donors (Lipinski definition) is 2. The van der Waals surface area contributed by atoms with Crippen LogP contribution >= 0.6 is 22.9 Å². The first kappa shape index (κ1) is 18.3. The van der Waals surface area contributed by atoms with Gasteiger partial charge < -0.3 is 10.6 Å². The van der Waals surface area contributed by atoms with Crippen molar-refractivity contribution in [3.8, 4) is 0 Å². The van der Waals surface area contributed by atoms with E-state index in [-0.39, 0.29) is 5.91 Å². The number of carbonyl (C=O) groups excluding carboxylic acids is 1. The minimum Gasteiger partial charge on any atom is -0.321 e. The molecule has 26 heavy (non-hydrogen) atoms. The number of thiazole rings is 1. The van der Waals surface area contributed by atoms with Gasteiger partial charge in [-0.3, -0.25) is 4.79 Å². The van der Waals surface area contributed by atoms with Crippen LogP contribution in [0, 0.1) is 27.7 Å². The second-order valence-corrected chi connectivity index (χ2v) is 7.42. The molecule has 0 aliphatic heterocycles. The van der Waals surface area contributed by atoms with Crippen molar-refractivity contribution in [3.05, 3.63) is 56.9 Å². The van der Waals surface area contributed by atoms with E-state index in [1.807, 2.05) is 32.9 Å². The van der Waals surface area contributed by atoms with E-state index in [0.717, 1.165) is 16.8 Å². The van der Waals surface area contributed by atoms with Gasteiger partial charge >= 0.3 is 0 Å². The third-order valence-corrected chi connectivity index (χ3v) is 4.79. The first-order chi connectivity index (χ1) is 12.3. The summed E-state index contributed by atoms with van der Waals surface area (Å²) in [5.41, 5.74) is 4.07. The van der Waals surface area contributed by atoms with Crippen molar-refractivity contribution < 1.29 is 4.79 Å². The Morgan fingerprint density at radius 3 is 2.42 bits per heavy atom. The number of carbonyl (C=O) groups is 1. The number of amides is 1. The van der Waals surface area contributed by atoms with Gasteiger partial charge in [-0.25, -0.2) is 15.0 Å². The summed E-state index contributed by atoms with van der Waals surface area (Å²) in [6.07, 6.45) is 1.54. The average Bonchev–Trinajstić information content (AvgIpc) is 2.98. The number of anilines is 3. The van der Waals surface area contributed by atoms with Crippen LogP contribution in [0.2, 0.25) is 5.15 Å². The molecule has 0 aliphatic carbocycles. The van der Waals surface area contributed by atoms with Crippen LogP contribution in [0.1, 0.15) is 32.2 Å². The number of benzene rings is 1. The lowest BCUT2D eigenvalue weighted by Gasteiger charge is -2.12. The van der Waals surface area contributed by atoms with Gasteiger partial charge in [0.1, 0.15) is 21.7 Å². The molecule has 134 valence electrons. The first-order valence-corrected chi connectivity index (χ1v) is 9.14. The third kappa shape index (κ3) is 4.17. The van der Waals surface area contributed by atoms with Crippen LogP contribution in [-0.2, 0) is 0 Å². The summed E-state index contributed by atoms with van der Waals surface area (Å²) in [6, 6.07) is 5.70. The second kappa shape index (κ2) is 7.39. The fraction of sp³-hybridized carbons (Fsp3) is 0.222. The summed E-state index contributed by atoms with van der Waals surface area (Å²) in [4.78, 5) is 25.6. The maximum atomic E-state index is 12.6. The van der Waals surface area contributed by atoms with Crippen LogP contribution in [0.4, 0.5) is 16.6 Å². The van der Waals surface area contributed by atoms with Gasteiger partial charge in [0.25, 0.3) is 5.91 Å². The highest BCUT2D eigenvalue weighted by Gasteiger charge is 2.14. The predicted molar refractivity (Wildman–Crippen MR) is 106 cm³/mol. The van der Waals surface area contributed by atoms with Crippen LogP contribution < -0.4 is 10.6 Å². The maximum absolute atomic E-state index is 12.6. The van der Waals surface area contributed by atoms with E-state index in [1.165, 1.54) is 23.1 Å². The Balaban J connectivity index is 1.76. The zero-order valence-electron chi connectivity index (χ0n) is 14.8. The Morgan fingerprint density at radius 1 is 1.08 bits per heavy atom. The van der Waals surface area contributed by atoms with Crippen LogP contribution in [0.25, 0.3) is 0 Å². The Bertz CT molecular complexity index is 942. The van der Waals surface area contributed by atoms with E-state index < -0.39 is 0 Å². The zero-order chi connectivity index (χ0) is 18.8. The van der Waals surface area contributed by atoms with Gasteiger partial charge in [-0.05, 0) is 38.8 Å². The van der Waals surface area contributed by atoms with E-state index in [0.29, 0.717) is 26.8 Å². The van der Waals surface area contributed by atoms with E-state index in [4.69, 9.17) is 11.6 Å². The molecule has 0 unspecified atom stereocenters. The minimum absolute atomic E-state index is 0.192. The lowest BCUT2D eigenvalue weighted by atomic mass is 10.1. The molecule has 0 saturated carbocycles. The van der Waals surface area contributed by atoms with Crippen molar-refractivity contribution in [2.24, 2.45) is 0 Å². The number of hydrogen-bond acceptors (Lipinski definition) is 6. The average molecular weight is 388 g/mol. The molecule has 0 spiro atoms. The minimum atomic E-state index is -0.192. The van der Waals surface area contributed by atoms with Crippen molar-refractivity contribution >= 4 is 45.5 Å². The quantitative estimate of drug-likeness (QED) is 0.627. The van der Waals surface area contributed by atoms with Crippen LogP contribution in [0.15, 0.2) is 24.4 Å². The largest absolute Gasteiger partial charge is 0.321 e. The fourth-order valence-electron chi connectivity index (χ4n) is 2.69. The highest BCUT2D eigenvalue weighted by atomic mass is 35.5. The molecule has 0 saturated heterocycles. The van der Waals surface area contributed by atoms with E-state index in [1.54, 1.807) is 13.0 Å². The fourth-order valence-corrected chi connectivity index (χ4v) is 3.64. The van der Waals surface area contributed by atoms with E-state index >= 15 is 0 Å². The second-order valence-electron chi connectivity index (χ2n) is 6.01. The van der Waals surface area contributed by atoms with Crippen molar-refractivity contribution in [2.45, 2.75) is 27.7 Å². The maximum Gasteiger partial charge on any atom is 0.267 e. The van der Waals surface area contributed by atoms with Gasteiger partial charge in [-0.2, -0.15) is 0 Å². The molecule has 0 radical (unpaired) electrons. The Labute approximate surface area is 160 Å². The monoisotopic (exact) mass is 387 g/mol. The molecule has 0 atom stereocenters. The van der Waals surface area contributed by atoms with Crippen molar-refractivity contribution in [1.29, 1.82) is 0 Å². The summed E-state index contributed by atoms with van der Waals surface area (Å²) in [7, 11) is 0. The first-order valence-electron chi connectivity index (χ1n) is 7.95. The predicted octanol–water partition coefficient (Wildman–Crippen LogP) is 4.82. The lowest BCUT2D eigenvalue weighted by molar-refractivity contribution is 0.103. The van der Waals surface area contributed by atoms with Gasteiger partial charge in [0.05, 0.1) is 6.20 Å². The Hall–Kier alpha value is -2.51. The molecule has 0 fully saturated rings. The van der Waals surface area contributed by atoms with Gasteiger partial charge in [0, 0.05) is 11.8 Å². The summed E-state index contributed by atoms with van der Waals surface area (Å²) < 4.78 is 0. The molecule has 8 heteroatoms.